The van der Waals surface area contributed by atoms with Crippen LogP contribution in [0.3, 0.4) is 0 Å². The largest absolute Gasteiger partial charge is 0.461 e. The number of nitrogens with zero attached hydrogens (tertiary/aromatic N) is 1. The number of halogens is 2. The fraction of sp³-hybridized carbons (Fsp3) is 0.217. The Hall–Kier alpha value is -3.48. The number of amides is 1. The Bertz CT molecular complexity index is 1070. The van der Waals surface area contributed by atoms with Gasteiger partial charge in [-0.25, -0.2) is 13.8 Å². The molecule has 1 N–H and O–H groups in total. The third kappa shape index (κ3) is 3.96. The summed E-state index contributed by atoms with van der Waals surface area (Å²) in [7, 11) is 0. The van der Waals surface area contributed by atoms with Gasteiger partial charge < -0.3 is 14.8 Å². The van der Waals surface area contributed by atoms with Crippen LogP contribution in [0.25, 0.3) is 11.3 Å². The quantitative estimate of drug-likeness (QED) is 0.674. The number of aromatic nitrogens is 1. The molecule has 7 heteroatoms. The van der Waals surface area contributed by atoms with E-state index in [4.69, 9.17) is 9.47 Å². The van der Waals surface area contributed by atoms with Crippen molar-refractivity contribution < 1.29 is 23.0 Å². The number of allylic oxidation sites excluding steroid dienone is 3. The lowest BCUT2D eigenvalue weighted by Gasteiger charge is -2.17. The van der Waals surface area contributed by atoms with Crippen LogP contribution in [0.1, 0.15) is 19.8 Å². The molecule has 4 rings (SSSR count). The maximum Gasteiger partial charge on any atom is 0.236 e. The molecule has 0 bridgehead atoms. The van der Waals surface area contributed by atoms with Crippen molar-refractivity contribution in [3.05, 3.63) is 83.9 Å². The second-order valence-corrected chi connectivity index (χ2v) is 7.09. The van der Waals surface area contributed by atoms with Gasteiger partial charge in [0.2, 0.25) is 12.7 Å². The lowest BCUT2D eigenvalue weighted by atomic mass is 9.93. The van der Waals surface area contributed by atoms with E-state index in [1.54, 1.807) is 24.3 Å². The van der Waals surface area contributed by atoms with E-state index in [9.17, 15) is 13.6 Å². The number of pyridine rings is 1. The van der Waals surface area contributed by atoms with Crippen molar-refractivity contribution in [2.24, 2.45) is 5.41 Å². The maximum absolute atomic E-state index is 14.1. The molecule has 0 radical (unpaired) electrons. The summed E-state index contributed by atoms with van der Waals surface area (Å²) in [6.45, 7) is 2.07. The molecular formula is C23H20F2N2O3. The molecule has 1 saturated carbocycles. The van der Waals surface area contributed by atoms with Crippen molar-refractivity contribution in [1.82, 2.24) is 4.98 Å². The third-order valence-electron chi connectivity index (χ3n) is 5.17. The van der Waals surface area contributed by atoms with E-state index in [0.29, 0.717) is 30.1 Å². The topological polar surface area (TPSA) is 60.5 Å². The zero-order chi connectivity index (χ0) is 21.1. The number of hydrogen-bond donors (Lipinski definition) is 1. The van der Waals surface area contributed by atoms with Crippen LogP contribution < -0.4 is 5.32 Å². The molecule has 2 aromatic rings. The number of benzene rings is 1. The average molecular weight is 410 g/mol. The van der Waals surface area contributed by atoms with Crippen LogP contribution in [0.15, 0.2) is 72.2 Å². The molecule has 1 aliphatic carbocycles. The first-order valence-electron chi connectivity index (χ1n) is 9.55. The summed E-state index contributed by atoms with van der Waals surface area (Å²) in [5, 5.41) is 2.84. The summed E-state index contributed by atoms with van der Waals surface area (Å²) >= 11 is 0. The highest BCUT2D eigenvalue weighted by Gasteiger charge is 2.51. The molecule has 1 fully saturated rings. The van der Waals surface area contributed by atoms with Crippen LogP contribution in [0.2, 0.25) is 0 Å². The minimum Gasteiger partial charge on any atom is -0.461 e. The van der Waals surface area contributed by atoms with E-state index in [0.717, 1.165) is 11.6 Å². The molecule has 1 aromatic heterocycles. The van der Waals surface area contributed by atoms with E-state index in [2.05, 4.69) is 10.3 Å². The first-order chi connectivity index (χ1) is 14.5. The van der Waals surface area contributed by atoms with Gasteiger partial charge in [-0.1, -0.05) is 18.2 Å². The molecule has 1 amide bonds. The smallest absolute Gasteiger partial charge is 0.236 e. The minimum atomic E-state index is -0.710. The van der Waals surface area contributed by atoms with E-state index in [1.807, 2.05) is 19.1 Å². The van der Waals surface area contributed by atoms with Crippen molar-refractivity contribution in [3.8, 4) is 11.3 Å². The van der Waals surface area contributed by atoms with Crippen LogP contribution in [0, 0.1) is 17.0 Å². The predicted molar refractivity (Wildman–Crippen MR) is 108 cm³/mol. The van der Waals surface area contributed by atoms with E-state index >= 15 is 0 Å². The highest BCUT2D eigenvalue weighted by atomic mass is 19.1. The highest BCUT2D eigenvalue weighted by Crippen LogP contribution is 2.53. The first-order valence-corrected chi connectivity index (χ1v) is 9.55. The number of nitrogens with one attached hydrogen (secondary N) is 1. The van der Waals surface area contributed by atoms with E-state index in [-0.39, 0.29) is 18.3 Å². The fourth-order valence-electron chi connectivity index (χ4n) is 3.40. The van der Waals surface area contributed by atoms with Crippen molar-refractivity contribution in [1.29, 1.82) is 0 Å². The SMILES string of the molecule is C/C=C(\C=C/C1=COCO1)C1(C(=O)Nc2cccc(-c3ccc(F)cc3F)n2)CC1. The summed E-state index contributed by atoms with van der Waals surface area (Å²) in [5.74, 6) is -0.641. The monoisotopic (exact) mass is 410 g/mol. The van der Waals surface area contributed by atoms with Crippen molar-refractivity contribution in [2.45, 2.75) is 19.8 Å². The molecule has 0 unspecified atom stereocenters. The molecule has 2 heterocycles. The van der Waals surface area contributed by atoms with Crippen LogP contribution in [0.4, 0.5) is 14.6 Å². The third-order valence-corrected chi connectivity index (χ3v) is 5.17. The Morgan fingerprint density at radius 2 is 2.07 bits per heavy atom. The molecule has 0 saturated heterocycles. The zero-order valence-electron chi connectivity index (χ0n) is 16.3. The summed E-state index contributed by atoms with van der Waals surface area (Å²) in [6, 6.07) is 8.22. The summed E-state index contributed by atoms with van der Waals surface area (Å²) in [5.41, 5.74) is 0.714. The molecule has 30 heavy (non-hydrogen) atoms. The molecule has 154 valence electrons. The zero-order valence-corrected chi connectivity index (χ0v) is 16.3. The first kappa shape index (κ1) is 19.8. The molecule has 5 nitrogen and oxygen atoms in total. The summed E-state index contributed by atoms with van der Waals surface area (Å²) < 4.78 is 37.6. The molecule has 1 aliphatic heterocycles. The summed E-state index contributed by atoms with van der Waals surface area (Å²) in [4.78, 5) is 17.4. The standard InChI is InChI=1S/C23H20F2N2O3/c1-2-15(6-8-17-13-29-14-30-17)23(10-11-23)22(28)27-21-5-3-4-20(26-21)18-9-7-16(24)12-19(18)25/h2-9,12-13H,10-11,14H2,1H3,(H,26,27,28)/b8-6-,15-2+. The Morgan fingerprint density at radius 3 is 2.73 bits per heavy atom. The molecule has 1 aromatic carbocycles. The number of carbonyl (C=O) groups is 1. The van der Waals surface area contributed by atoms with Crippen LogP contribution in [0.5, 0.6) is 0 Å². The van der Waals surface area contributed by atoms with Gasteiger partial charge in [0.1, 0.15) is 23.7 Å². The van der Waals surface area contributed by atoms with Gasteiger partial charge in [-0.2, -0.15) is 0 Å². The van der Waals surface area contributed by atoms with Gasteiger partial charge in [-0.05, 0) is 55.7 Å². The second kappa shape index (κ2) is 8.10. The molecule has 2 aliphatic rings. The fourth-order valence-corrected chi connectivity index (χ4v) is 3.40. The van der Waals surface area contributed by atoms with Gasteiger partial charge in [0.05, 0.1) is 11.1 Å². The lowest BCUT2D eigenvalue weighted by Crippen LogP contribution is -2.26. The minimum absolute atomic E-state index is 0.165. The van der Waals surface area contributed by atoms with Gasteiger partial charge in [0.25, 0.3) is 0 Å². The van der Waals surface area contributed by atoms with Crippen LogP contribution in [-0.4, -0.2) is 17.7 Å². The van der Waals surface area contributed by atoms with Crippen molar-refractivity contribution in [3.63, 3.8) is 0 Å². The number of anilines is 1. The van der Waals surface area contributed by atoms with Gasteiger partial charge in [0, 0.05) is 11.6 Å². The highest BCUT2D eigenvalue weighted by molar-refractivity contribution is 5.99. The summed E-state index contributed by atoms with van der Waals surface area (Å²) in [6.07, 6.45) is 8.47. The van der Waals surface area contributed by atoms with Crippen LogP contribution in [-0.2, 0) is 14.3 Å². The van der Waals surface area contributed by atoms with Crippen LogP contribution >= 0.6 is 0 Å². The average Bonchev–Trinajstić information content (AvgIpc) is 3.37. The molecular weight excluding hydrogens is 390 g/mol. The van der Waals surface area contributed by atoms with Gasteiger partial charge in [0.15, 0.2) is 5.76 Å². The van der Waals surface area contributed by atoms with Crippen molar-refractivity contribution >= 4 is 11.7 Å². The van der Waals surface area contributed by atoms with Gasteiger partial charge >= 0.3 is 0 Å². The van der Waals surface area contributed by atoms with Gasteiger partial charge in [-0.3, -0.25) is 4.79 Å². The Balaban J connectivity index is 1.52. The number of rotatable bonds is 6. The van der Waals surface area contributed by atoms with Crippen molar-refractivity contribution in [2.75, 3.05) is 12.1 Å². The number of carbonyl (C=O) groups excluding carboxylic acids is 1. The Morgan fingerprint density at radius 1 is 1.23 bits per heavy atom. The van der Waals surface area contributed by atoms with Gasteiger partial charge in [-0.15, -0.1) is 0 Å². The maximum atomic E-state index is 14.1. The lowest BCUT2D eigenvalue weighted by molar-refractivity contribution is -0.119. The molecule has 0 spiro atoms. The Kier molecular flexibility index (Phi) is 5.35. The Labute approximate surface area is 172 Å². The van der Waals surface area contributed by atoms with E-state index in [1.165, 1.54) is 18.4 Å². The van der Waals surface area contributed by atoms with E-state index < -0.39 is 17.0 Å². The number of hydrogen-bond acceptors (Lipinski definition) is 4. The molecule has 0 atom stereocenters. The number of ether oxygens (including phenoxy) is 2. The predicted octanol–water partition coefficient (Wildman–Crippen LogP) is 5.09. The second-order valence-electron chi connectivity index (χ2n) is 7.09. The normalized spacial score (nSPS) is 17.3.